The number of benzene rings is 1. The Morgan fingerprint density at radius 2 is 1.97 bits per heavy atom. The van der Waals surface area contributed by atoms with Crippen molar-refractivity contribution < 1.29 is 9.90 Å². The summed E-state index contributed by atoms with van der Waals surface area (Å²) in [6.07, 6.45) is 13.0. The molecule has 188 valence electrons. The van der Waals surface area contributed by atoms with E-state index in [9.17, 15) is 9.90 Å². The topological polar surface area (TPSA) is 77.0 Å². The van der Waals surface area contributed by atoms with Crippen molar-refractivity contribution in [3.8, 4) is 10.4 Å². The fourth-order valence-electron chi connectivity index (χ4n) is 6.23. The maximum absolute atomic E-state index is 12.3. The lowest BCUT2D eigenvalue weighted by molar-refractivity contribution is 0.0702. The monoisotopic (exact) mass is 502 g/mol. The molecular weight excluding hydrogens is 468 g/mol. The fourth-order valence-corrected chi connectivity index (χ4v) is 7.26. The molecule has 3 N–H and O–H groups in total. The first-order chi connectivity index (χ1) is 17.6. The van der Waals surface area contributed by atoms with E-state index in [1.807, 2.05) is 18.5 Å². The van der Waals surface area contributed by atoms with Crippen LogP contribution in [0.3, 0.4) is 0 Å². The van der Waals surface area contributed by atoms with Crippen molar-refractivity contribution in [1.29, 1.82) is 0 Å². The van der Waals surface area contributed by atoms with E-state index < -0.39 is 5.97 Å². The van der Waals surface area contributed by atoms with E-state index in [1.165, 1.54) is 53.7 Å². The largest absolute Gasteiger partial charge is 0.477 e. The lowest BCUT2D eigenvalue weighted by atomic mass is 9.75. The van der Waals surface area contributed by atoms with Gasteiger partial charge in [0.05, 0.1) is 6.04 Å². The van der Waals surface area contributed by atoms with Crippen LogP contribution in [0.5, 0.6) is 0 Å². The first-order valence-electron chi connectivity index (χ1n) is 13.2. The van der Waals surface area contributed by atoms with Crippen LogP contribution in [-0.2, 0) is 0 Å². The number of thiophene rings is 1. The van der Waals surface area contributed by atoms with Crippen LogP contribution in [-0.4, -0.2) is 41.6 Å². The van der Waals surface area contributed by atoms with Crippen LogP contribution in [0.4, 0.5) is 0 Å². The number of aliphatic imine (C=N–C) groups is 1. The Morgan fingerprint density at radius 3 is 2.72 bits per heavy atom. The van der Waals surface area contributed by atoms with E-state index in [1.54, 1.807) is 0 Å². The van der Waals surface area contributed by atoms with Gasteiger partial charge in [-0.2, -0.15) is 0 Å². The quantitative estimate of drug-likeness (QED) is 0.477. The van der Waals surface area contributed by atoms with Crippen LogP contribution < -0.4 is 10.7 Å². The first kappa shape index (κ1) is 23.6. The summed E-state index contributed by atoms with van der Waals surface area (Å²) in [6.45, 7) is 4.10. The standard InChI is InChI=1S/C29H34N4O2S/c1-18-3-5-19(6-4-18)22-11-13-30-17-24(22)23-15-26(36-28(23)29(34)35)21-9-7-20(8-10-21)25-16-27-31-12-2-14-33(27)32-25/h2,7-10,12,14-15,18-19,25,27,30,32H,3-6,11,13,16-17H2,1H3,(H,34,35). The minimum Gasteiger partial charge on any atom is -0.477 e. The van der Waals surface area contributed by atoms with E-state index in [0.717, 1.165) is 47.9 Å². The minimum atomic E-state index is -0.826. The molecule has 0 radical (unpaired) electrons. The SMILES string of the molecule is CC1CCC(C2=C(c3cc(-c4ccc(C5CC6N=CC=CN6N5)cc4)sc3C(=O)O)CNCC2)CC1. The van der Waals surface area contributed by atoms with Gasteiger partial charge in [0.25, 0.3) is 0 Å². The summed E-state index contributed by atoms with van der Waals surface area (Å²) >= 11 is 1.40. The molecule has 2 unspecified atom stereocenters. The number of nitrogens with zero attached hydrogens (tertiary/aromatic N) is 2. The molecule has 0 bridgehead atoms. The van der Waals surface area contributed by atoms with Crippen molar-refractivity contribution in [2.45, 2.75) is 57.7 Å². The molecule has 36 heavy (non-hydrogen) atoms. The zero-order chi connectivity index (χ0) is 24.6. The summed E-state index contributed by atoms with van der Waals surface area (Å²) in [5, 5.41) is 15.7. The lowest BCUT2D eigenvalue weighted by Gasteiger charge is -2.32. The Balaban J connectivity index is 1.29. The molecule has 1 aliphatic carbocycles. The number of nitrogens with one attached hydrogen (secondary N) is 2. The summed E-state index contributed by atoms with van der Waals surface area (Å²) in [5.74, 6) is 0.579. The highest BCUT2D eigenvalue weighted by molar-refractivity contribution is 7.17. The number of hydrogen-bond acceptors (Lipinski definition) is 6. The maximum atomic E-state index is 12.3. The molecule has 2 atom stereocenters. The summed E-state index contributed by atoms with van der Waals surface area (Å²) in [5.41, 5.74) is 9.48. The summed E-state index contributed by atoms with van der Waals surface area (Å²) in [4.78, 5) is 18.3. The van der Waals surface area contributed by atoms with Gasteiger partial charge >= 0.3 is 5.97 Å². The van der Waals surface area contributed by atoms with Crippen molar-refractivity contribution in [3.05, 3.63) is 64.2 Å². The first-order valence-corrected chi connectivity index (χ1v) is 14.0. The number of carboxylic acids is 1. The highest BCUT2D eigenvalue weighted by Gasteiger charge is 2.31. The van der Waals surface area contributed by atoms with Crippen LogP contribution in [0.1, 0.15) is 72.3 Å². The molecule has 7 heteroatoms. The Bertz CT molecular complexity index is 1200. The molecule has 1 aromatic carbocycles. The molecular formula is C29H34N4O2S. The highest BCUT2D eigenvalue weighted by Crippen LogP contribution is 2.42. The summed E-state index contributed by atoms with van der Waals surface area (Å²) in [6, 6.07) is 10.9. The average molecular weight is 503 g/mol. The number of hydrazine groups is 1. The number of hydrogen-bond donors (Lipinski definition) is 3. The van der Waals surface area contributed by atoms with Crippen LogP contribution in [0.15, 0.2) is 53.2 Å². The van der Waals surface area contributed by atoms with Crippen molar-refractivity contribution in [3.63, 3.8) is 0 Å². The van der Waals surface area contributed by atoms with Crippen LogP contribution >= 0.6 is 11.3 Å². The van der Waals surface area contributed by atoms with Gasteiger partial charge in [0.15, 0.2) is 0 Å². The predicted molar refractivity (Wildman–Crippen MR) is 146 cm³/mol. The van der Waals surface area contributed by atoms with Crippen molar-refractivity contribution >= 4 is 29.1 Å². The Labute approximate surface area is 216 Å². The van der Waals surface area contributed by atoms with E-state index in [-0.39, 0.29) is 12.2 Å². The summed E-state index contributed by atoms with van der Waals surface area (Å²) in [7, 11) is 0. The number of allylic oxidation sites excluding steroid dienone is 1. The highest BCUT2D eigenvalue weighted by atomic mass is 32.1. The molecule has 3 aliphatic heterocycles. The average Bonchev–Trinajstić information content (AvgIpc) is 3.55. The van der Waals surface area contributed by atoms with Crippen LogP contribution in [0.2, 0.25) is 0 Å². The molecule has 1 saturated carbocycles. The molecule has 0 amide bonds. The van der Waals surface area contributed by atoms with Gasteiger partial charge in [-0.1, -0.05) is 49.6 Å². The lowest BCUT2D eigenvalue weighted by Crippen LogP contribution is -2.33. The molecule has 4 aliphatic rings. The fraction of sp³-hybridized carbons (Fsp3) is 0.448. The van der Waals surface area contributed by atoms with Gasteiger partial charge in [0.2, 0.25) is 0 Å². The van der Waals surface area contributed by atoms with Crippen molar-refractivity contribution in [1.82, 2.24) is 15.8 Å². The Kier molecular flexibility index (Phi) is 6.54. The van der Waals surface area contributed by atoms with Gasteiger partial charge in [-0.25, -0.2) is 10.2 Å². The number of fused-ring (bicyclic) bond motifs is 1. The molecule has 2 fully saturated rings. The third kappa shape index (κ3) is 4.56. The number of rotatable bonds is 5. The molecule has 4 heterocycles. The number of carbonyl (C=O) groups is 1. The van der Waals surface area contributed by atoms with Crippen molar-refractivity contribution in [2.24, 2.45) is 16.8 Å². The van der Waals surface area contributed by atoms with Gasteiger partial charge in [0.1, 0.15) is 11.0 Å². The normalized spacial score (nSPS) is 28.0. The minimum absolute atomic E-state index is 0.150. The van der Waals surface area contributed by atoms with Gasteiger partial charge in [-0.15, -0.1) is 11.3 Å². The van der Waals surface area contributed by atoms with E-state index in [4.69, 9.17) is 0 Å². The molecule has 2 aromatic rings. The molecule has 1 saturated heterocycles. The third-order valence-electron chi connectivity index (χ3n) is 8.28. The van der Waals surface area contributed by atoms with Gasteiger partial charge in [-0.3, -0.25) is 10.0 Å². The molecule has 1 aromatic heterocycles. The zero-order valence-electron chi connectivity index (χ0n) is 20.7. The molecule has 6 rings (SSSR count). The van der Waals surface area contributed by atoms with E-state index >= 15 is 0 Å². The molecule has 0 spiro atoms. The smallest absolute Gasteiger partial charge is 0.346 e. The second-order valence-electron chi connectivity index (χ2n) is 10.6. The summed E-state index contributed by atoms with van der Waals surface area (Å²) < 4.78 is 0. The van der Waals surface area contributed by atoms with Gasteiger partial charge in [0, 0.05) is 35.8 Å². The van der Waals surface area contributed by atoms with Crippen LogP contribution in [0, 0.1) is 11.8 Å². The number of carboxylic acid groups (broad SMARTS) is 1. The van der Waals surface area contributed by atoms with E-state index in [0.29, 0.717) is 10.8 Å². The van der Waals surface area contributed by atoms with Gasteiger partial charge < -0.3 is 10.4 Å². The second kappa shape index (κ2) is 9.96. The van der Waals surface area contributed by atoms with Gasteiger partial charge in [-0.05, 0) is 66.5 Å². The Morgan fingerprint density at radius 1 is 1.17 bits per heavy atom. The maximum Gasteiger partial charge on any atom is 0.346 e. The molecule has 6 nitrogen and oxygen atoms in total. The Hall–Kier alpha value is -2.74. The van der Waals surface area contributed by atoms with Crippen molar-refractivity contribution in [2.75, 3.05) is 13.1 Å². The van der Waals surface area contributed by atoms with E-state index in [2.05, 4.69) is 58.0 Å². The van der Waals surface area contributed by atoms with Crippen LogP contribution in [0.25, 0.3) is 16.0 Å². The zero-order valence-corrected chi connectivity index (χ0v) is 21.6. The number of aromatic carboxylic acids is 1. The third-order valence-corrected chi connectivity index (χ3v) is 9.45. The predicted octanol–water partition coefficient (Wildman–Crippen LogP) is 5.86. The second-order valence-corrected chi connectivity index (χ2v) is 11.7.